The average Bonchev–Trinajstić information content (AvgIpc) is 3.02. The van der Waals surface area contributed by atoms with Crippen molar-refractivity contribution in [2.45, 2.75) is 51.7 Å². The minimum atomic E-state index is -3.49. The van der Waals surface area contributed by atoms with Crippen molar-refractivity contribution >= 4 is 26.7 Å². The first-order valence-corrected chi connectivity index (χ1v) is 11.3. The van der Waals surface area contributed by atoms with E-state index in [1.807, 2.05) is 6.07 Å². The molecule has 0 spiro atoms. The van der Waals surface area contributed by atoms with E-state index < -0.39 is 10.0 Å². The predicted molar refractivity (Wildman–Crippen MR) is 119 cm³/mol. The first-order chi connectivity index (χ1) is 13.6. The van der Waals surface area contributed by atoms with E-state index in [2.05, 4.69) is 61.4 Å². The minimum Gasteiger partial charge on any atom is -0.362 e. The number of nitrogens with zero attached hydrogens (tertiary/aromatic N) is 4. The fourth-order valence-corrected chi connectivity index (χ4v) is 4.39. The van der Waals surface area contributed by atoms with Crippen LogP contribution in [0, 0.1) is 6.92 Å². The number of hydrogen-bond donors (Lipinski definition) is 0. The second-order valence-corrected chi connectivity index (χ2v) is 9.92. The van der Waals surface area contributed by atoms with Crippen molar-refractivity contribution in [1.82, 2.24) is 13.9 Å². The zero-order chi connectivity index (χ0) is 21.3. The molecule has 3 aromatic rings. The van der Waals surface area contributed by atoms with E-state index in [1.165, 1.54) is 24.0 Å². The van der Waals surface area contributed by atoms with Crippen LogP contribution in [-0.4, -0.2) is 42.4 Å². The molecule has 0 unspecified atom stereocenters. The van der Waals surface area contributed by atoms with Gasteiger partial charge < -0.3 is 9.47 Å². The highest BCUT2D eigenvalue weighted by molar-refractivity contribution is 7.89. The van der Waals surface area contributed by atoms with Gasteiger partial charge in [0.25, 0.3) is 0 Å². The van der Waals surface area contributed by atoms with Crippen molar-refractivity contribution in [3.05, 3.63) is 53.9 Å². The highest BCUT2D eigenvalue weighted by Crippen LogP contribution is 2.25. The van der Waals surface area contributed by atoms with Crippen LogP contribution in [-0.2, 0) is 23.1 Å². The normalized spacial score (nSPS) is 12.3. The summed E-state index contributed by atoms with van der Waals surface area (Å²) < 4.78 is 28.4. The summed E-state index contributed by atoms with van der Waals surface area (Å²) in [6.07, 6.45) is 0. The lowest BCUT2D eigenvalue weighted by molar-refractivity contribution is 0.521. The van der Waals surface area contributed by atoms with E-state index in [-0.39, 0.29) is 4.90 Å². The van der Waals surface area contributed by atoms with Crippen LogP contribution >= 0.6 is 0 Å². The van der Waals surface area contributed by atoms with E-state index in [9.17, 15) is 8.42 Å². The summed E-state index contributed by atoms with van der Waals surface area (Å²) in [4.78, 5) is 7.40. The van der Waals surface area contributed by atoms with Gasteiger partial charge >= 0.3 is 0 Å². The Hall–Kier alpha value is -2.38. The Morgan fingerprint density at radius 2 is 1.72 bits per heavy atom. The maximum absolute atomic E-state index is 12.5. The fraction of sp³-hybridized carbons (Fsp3) is 0.409. The number of anilines is 1. The van der Waals surface area contributed by atoms with E-state index in [1.54, 1.807) is 12.1 Å². The highest BCUT2D eigenvalue weighted by Gasteiger charge is 2.21. The molecule has 0 bridgehead atoms. The predicted octanol–water partition coefficient (Wildman–Crippen LogP) is 4.03. The van der Waals surface area contributed by atoms with Crippen LogP contribution in [0.3, 0.4) is 0 Å². The van der Waals surface area contributed by atoms with Gasteiger partial charge in [0.15, 0.2) is 0 Å². The molecular weight excluding hydrogens is 384 g/mol. The first-order valence-electron chi connectivity index (χ1n) is 9.90. The van der Waals surface area contributed by atoms with Gasteiger partial charge in [0, 0.05) is 32.4 Å². The third kappa shape index (κ3) is 4.16. The number of sulfonamides is 1. The zero-order valence-electron chi connectivity index (χ0n) is 18.0. The molecule has 0 N–H and O–H groups in total. The Morgan fingerprint density at radius 3 is 2.28 bits per heavy atom. The SMILES string of the molecule is CCn1c(CN(c2ccc(C)cc2)C(C)C)nc2cc(S(=O)(=O)N(C)C)ccc21. The van der Waals surface area contributed by atoms with Crippen molar-refractivity contribution in [2.24, 2.45) is 0 Å². The molecule has 1 heterocycles. The largest absolute Gasteiger partial charge is 0.362 e. The molecule has 29 heavy (non-hydrogen) atoms. The van der Waals surface area contributed by atoms with Gasteiger partial charge in [-0.05, 0) is 58.0 Å². The van der Waals surface area contributed by atoms with Crippen molar-refractivity contribution in [3.63, 3.8) is 0 Å². The van der Waals surface area contributed by atoms with Gasteiger partial charge in [-0.15, -0.1) is 0 Å². The Morgan fingerprint density at radius 1 is 1.07 bits per heavy atom. The number of rotatable bonds is 7. The Labute approximate surface area is 173 Å². The fourth-order valence-electron chi connectivity index (χ4n) is 3.46. The second kappa shape index (κ2) is 8.16. The van der Waals surface area contributed by atoms with Crippen LogP contribution in [0.4, 0.5) is 5.69 Å². The molecule has 0 saturated carbocycles. The maximum atomic E-state index is 12.5. The van der Waals surface area contributed by atoms with Crippen molar-refractivity contribution < 1.29 is 8.42 Å². The van der Waals surface area contributed by atoms with Crippen molar-refractivity contribution in [2.75, 3.05) is 19.0 Å². The standard InChI is InChI=1S/C22H30N4O2S/c1-7-25-21-13-12-19(29(27,28)24(5)6)14-20(21)23-22(25)15-26(16(2)3)18-10-8-17(4)9-11-18/h8-14,16H,7,15H2,1-6H3. The number of imidazole rings is 1. The molecule has 6 nitrogen and oxygen atoms in total. The van der Waals surface area contributed by atoms with Crippen LogP contribution < -0.4 is 4.90 Å². The van der Waals surface area contributed by atoms with Crippen LogP contribution in [0.25, 0.3) is 11.0 Å². The van der Waals surface area contributed by atoms with Crippen LogP contribution in [0.1, 0.15) is 32.2 Å². The number of aromatic nitrogens is 2. The summed E-state index contributed by atoms with van der Waals surface area (Å²) in [5.74, 6) is 0.927. The van der Waals surface area contributed by atoms with Crippen LogP contribution in [0.2, 0.25) is 0 Å². The second-order valence-electron chi connectivity index (χ2n) is 7.77. The van der Waals surface area contributed by atoms with Gasteiger partial charge in [0.1, 0.15) is 5.82 Å². The lowest BCUT2D eigenvalue weighted by Gasteiger charge is -2.29. The summed E-state index contributed by atoms with van der Waals surface area (Å²) in [7, 11) is -0.410. The van der Waals surface area contributed by atoms with E-state index in [4.69, 9.17) is 4.98 Å². The molecule has 0 aliphatic heterocycles. The third-order valence-electron chi connectivity index (χ3n) is 5.19. The number of hydrogen-bond acceptors (Lipinski definition) is 4. The Balaban J connectivity index is 2.05. The Kier molecular flexibility index (Phi) is 6.00. The van der Waals surface area contributed by atoms with Gasteiger partial charge in [0.05, 0.1) is 22.5 Å². The maximum Gasteiger partial charge on any atom is 0.242 e. The first kappa shape index (κ1) is 21.3. The topological polar surface area (TPSA) is 58.4 Å². The molecule has 0 amide bonds. The number of aryl methyl sites for hydroxylation is 2. The lowest BCUT2D eigenvalue weighted by atomic mass is 10.2. The molecule has 0 radical (unpaired) electrons. The van der Waals surface area contributed by atoms with E-state index in [0.717, 1.165) is 23.6 Å². The average molecular weight is 415 g/mol. The monoisotopic (exact) mass is 414 g/mol. The summed E-state index contributed by atoms with van der Waals surface area (Å²) in [6, 6.07) is 14.0. The molecule has 0 aliphatic rings. The molecule has 156 valence electrons. The van der Waals surface area contributed by atoms with Gasteiger partial charge in [0.2, 0.25) is 10.0 Å². The molecule has 3 rings (SSSR count). The zero-order valence-corrected chi connectivity index (χ0v) is 18.9. The van der Waals surface area contributed by atoms with Crippen molar-refractivity contribution in [3.8, 4) is 0 Å². The quantitative estimate of drug-likeness (QED) is 0.586. The molecule has 0 fully saturated rings. The molecule has 0 atom stereocenters. The van der Waals surface area contributed by atoms with Gasteiger partial charge in [-0.1, -0.05) is 17.7 Å². The summed E-state index contributed by atoms with van der Waals surface area (Å²) >= 11 is 0. The van der Waals surface area contributed by atoms with Crippen molar-refractivity contribution in [1.29, 1.82) is 0 Å². The van der Waals surface area contributed by atoms with Crippen LogP contribution in [0.5, 0.6) is 0 Å². The summed E-state index contributed by atoms with van der Waals surface area (Å²) in [5, 5.41) is 0. The minimum absolute atomic E-state index is 0.265. The molecule has 1 aromatic heterocycles. The lowest BCUT2D eigenvalue weighted by Crippen LogP contribution is -2.31. The molecule has 2 aromatic carbocycles. The summed E-state index contributed by atoms with van der Waals surface area (Å²) in [6.45, 7) is 9.92. The number of benzene rings is 2. The third-order valence-corrected chi connectivity index (χ3v) is 7.01. The van der Waals surface area contributed by atoms with Gasteiger partial charge in [-0.2, -0.15) is 0 Å². The Bertz CT molecular complexity index is 1100. The van der Waals surface area contributed by atoms with Gasteiger partial charge in [-0.25, -0.2) is 17.7 Å². The molecule has 0 aliphatic carbocycles. The van der Waals surface area contributed by atoms with E-state index in [0.29, 0.717) is 18.1 Å². The smallest absolute Gasteiger partial charge is 0.242 e. The molecule has 7 heteroatoms. The molecule has 0 saturated heterocycles. The molecular formula is C22H30N4O2S. The summed E-state index contributed by atoms with van der Waals surface area (Å²) in [5.41, 5.74) is 4.04. The highest BCUT2D eigenvalue weighted by atomic mass is 32.2. The van der Waals surface area contributed by atoms with Crippen LogP contribution in [0.15, 0.2) is 47.4 Å². The van der Waals surface area contributed by atoms with E-state index >= 15 is 0 Å². The van der Waals surface area contributed by atoms with Gasteiger partial charge in [-0.3, -0.25) is 0 Å². The number of fused-ring (bicyclic) bond motifs is 1.